The first kappa shape index (κ1) is 13.7. The second-order valence-corrected chi connectivity index (χ2v) is 4.12. The summed E-state index contributed by atoms with van der Waals surface area (Å²) in [4.78, 5) is 9.93. The summed E-state index contributed by atoms with van der Waals surface area (Å²) < 4.78 is 10.3. The van der Waals surface area contributed by atoms with Gasteiger partial charge in [0.15, 0.2) is 0 Å². The Bertz CT molecular complexity index is 449. The van der Waals surface area contributed by atoms with Crippen molar-refractivity contribution in [2.45, 2.75) is 24.6 Å². The summed E-state index contributed by atoms with van der Waals surface area (Å²) >= 11 is 0. The van der Waals surface area contributed by atoms with E-state index in [1.807, 2.05) is 0 Å². The van der Waals surface area contributed by atoms with Crippen LogP contribution in [0, 0.1) is 10.1 Å². The summed E-state index contributed by atoms with van der Waals surface area (Å²) in [6.45, 7) is -0.171. The van der Waals surface area contributed by atoms with E-state index in [1.54, 1.807) is 0 Å². The van der Waals surface area contributed by atoms with E-state index in [-0.39, 0.29) is 18.0 Å². The number of non-ortho nitro benzene ring substituents is 1. The molecule has 0 aromatic heterocycles. The van der Waals surface area contributed by atoms with Gasteiger partial charge in [0.1, 0.15) is 24.1 Å². The number of rotatable bonds is 3. The lowest BCUT2D eigenvalue weighted by atomic mass is 10.1. The van der Waals surface area contributed by atoms with Crippen LogP contribution in [0.5, 0.6) is 5.75 Å². The van der Waals surface area contributed by atoms with Crippen molar-refractivity contribution in [2.24, 2.45) is 0 Å². The van der Waals surface area contributed by atoms with Gasteiger partial charge in [0.05, 0.1) is 11.5 Å². The standard InChI is InChI=1S/C11H13NO7/c13-8-5-18-11(10(15)9(8)14)19-7-3-1-6(2-4-7)12(16)17/h1-4,8-11,13-15H,5H2/t8-,9?,10?,11?/m1/s1. The van der Waals surface area contributed by atoms with E-state index < -0.39 is 29.5 Å². The van der Waals surface area contributed by atoms with Gasteiger partial charge in [0.2, 0.25) is 6.29 Å². The summed E-state index contributed by atoms with van der Waals surface area (Å²) in [5, 5.41) is 38.8. The molecule has 3 N–H and O–H groups in total. The summed E-state index contributed by atoms with van der Waals surface area (Å²) in [6.07, 6.45) is -5.08. The molecule has 1 aromatic carbocycles. The molecule has 2 rings (SSSR count). The van der Waals surface area contributed by atoms with Gasteiger partial charge in [-0.1, -0.05) is 0 Å². The summed E-state index contributed by atoms with van der Waals surface area (Å²) in [6, 6.07) is 5.20. The maximum Gasteiger partial charge on any atom is 0.269 e. The third kappa shape index (κ3) is 2.99. The minimum atomic E-state index is -1.40. The minimum Gasteiger partial charge on any atom is -0.462 e. The molecule has 0 spiro atoms. The molecule has 0 amide bonds. The second kappa shape index (κ2) is 5.49. The zero-order chi connectivity index (χ0) is 14.0. The molecule has 3 unspecified atom stereocenters. The van der Waals surface area contributed by atoms with E-state index in [0.29, 0.717) is 0 Å². The van der Waals surface area contributed by atoms with Gasteiger partial charge in [0, 0.05) is 12.1 Å². The highest BCUT2D eigenvalue weighted by Gasteiger charge is 2.38. The Kier molecular flexibility index (Phi) is 3.96. The van der Waals surface area contributed by atoms with Crippen molar-refractivity contribution in [3.63, 3.8) is 0 Å². The molecule has 1 saturated heterocycles. The van der Waals surface area contributed by atoms with E-state index >= 15 is 0 Å². The van der Waals surface area contributed by atoms with E-state index in [1.165, 1.54) is 24.3 Å². The SMILES string of the molecule is O=[N+]([O-])c1ccc(OC2OC[C@@H](O)C(O)C2O)cc1. The monoisotopic (exact) mass is 271 g/mol. The zero-order valence-electron chi connectivity index (χ0n) is 9.75. The summed E-state index contributed by atoms with van der Waals surface area (Å²) in [5.74, 6) is 0.248. The molecular formula is C11H13NO7. The van der Waals surface area contributed by atoms with Gasteiger partial charge in [-0.25, -0.2) is 0 Å². The second-order valence-electron chi connectivity index (χ2n) is 4.12. The molecule has 8 heteroatoms. The maximum absolute atomic E-state index is 10.5. The average Bonchev–Trinajstić information content (AvgIpc) is 2.40. The number of ether oxygens (including phenoxy) is 2. The van der Waals surface area contributed by atoms with Crippen molar-refractivity contribution in [3.8, 4) is 5.75 Å². The largest absolute Gasteiger partial charge is 0.462 e. The summed E-state index contributed by atoms with van der Waals surface area (Å²) in [5.41, 5.74) is -0.0899. The number of nitro benzene ring substituents is 1. The molecule has 1 fully saturated rings. The number of hydrogen-bond donors (Lipinski definition) is 3. The van der Waals surface area contributed by atoms with Crippen molar-refractivity contribution in [2.75, 3.05) is 6.61 Å². The average molecular weight is 271 g/mol. The van der Waals surface area contributed by atoms with Crippen molar-refractivity contribution in [3.05, 3.63) is 34.4 Å². The lowest BCUT2D eigenvalue weighted by Gasteiger charge is -2.34. The maximum atomic E-state index is 10.5. The van der Waals surface area contributed by atoms with Gasteiger partial charge in [-0.3, -0.25) is 10.1 Å². The van der Waals surface area contributed by atoms with E-state index in [4.69, 9.17) is 9.47 Å². The third-order valence-corrected chi connectivity index (χ3v) is 2.75. The number of aliphatic hydroxyl groups is 3. The first-order chi connectivity index (χ1) is 8.99. The third-order valence-electron chi connectivity index (χ3n) is 2.75. The molecule has 0 saturated carbocycles. The molecule has 1 aromatic rings. The van der Waals surface area contributed by atoms with Crippen LogP contribution in [-0.4, -0.2) is 51.5 Å². The number of benzene rings is 1. The van der Waals surface area contributed by atoms with Crippen LogP contribution in [0.25, 0.3) is 0 Å². The molecule has 8 nitrogen and oxygen atoms in total. The smallest absolute Gasteiger partial charge is 0.269 e. The van der Waals surface area contributed by atoms with Crippen LogP contribution in [0.4, 0.5) is 5.69 Å². The molecule has 1 aliphatic rings. The Morgan fingerprint density at radius 1 is 1.21 bits per heavy atom. The minimum absolute atomic E-state index is 0.0899. The van der Waals surface area contributed by atoms with Crippen molar-refractivity contribution in [1.82, 2.24) is 0 Å². The van der Waals surface area contributed by atoms with Crippen LogP contribution in [0.15, 0.2) is 24.3 Å². The predicted molar refractivity (Wildman–Crippen MR) is 61.5 cm³/mol. The summed E-state index contributed by atoms with van der Waals surface area (Å²) in [7, 11) is 0. The molecule has 1 aliphatic heterocycles. The van der Waals surface area contributed by atoms with Crippen LogP contribution >= 0.6 is 0 Å². The lowest BCUT2D eigenvalue weighted by Crippen LogP contribution is -2.54. The molecular weight excluding hydrogens is 258 g/mol. The fourth-order valence-electron chi connectivity index (χ4n) is 1.66. The van der Waals surface area contributed by atoms with Gasteiger partial charge < -0.3 is 24.8 Å². The van der Waals surface area contributed by atoms with Gasteiger partial charge in [0.25, 0.3) is 5.69 Å². The molecule has 1 heterocycles. The van der Waals surface area contributed by atoms with Gasteiger partial charge in [-0.2, -0.15) is 0 Å². The van der Waals surface area contributed by atoms with Crippen molar-refractivity contribution in [1.29, 1.82) is 0 Å². The van der Waals surface area contributed by atoms with E-state index in [9.17, 15) is 25.4 Å². The Hall–Kier alpha value is -1.74. The first-order valence-electron chi connectivity index (χ1n) is 5.56. The molecule has 19 heavy (non-hydrogen) atoms. The fraction of sp³-hybridized carbons (Fsp3) is 0.455. The van der Waals surface area contributed by atoms with Crippen LogP contribution in [-0.2, 0) is 4.74 Å². The first-order valence-corrected chi connectivity index (χ1v) is 5.56. The van der Waals surface area contributed by atoms with Crippen LogP contribution in [0.1, 0.15) is 0 Å². The van der Waals surface area contributed by atoms with E-state index in [2.05, 4.69) is 0 Å². The molecule has 0 radical (unpaired) electrons. The Morgan fingerprint density at radius 3 is 2.42 bits per heavy atom. The Morgan fingerprint density at radius 2 is 1.84 bits per heavy atom. The predicted octanol–water partition coefficient (Wildman–Crippen LogP) is -0.587. The van der Waals surface area contributed by atoms with E-state index in [0.717, 1.165) is 0 Å². The molecule has 0 aliphatic carbocycles. The van der Waals surface area contributed by atoms with Crippen molar-refractivity contribution < 1.29 is 29.7 Å². The highest BCUT2D eigenvalue weighted by molar-refractivity contribution is 5.36. The molecule has 0 bridgehead atoms. The zero-order valence-corrected chi connectivity index (χ0v) is 9.75. The number of aliphatic hydroxyl groups excluding tert-OH is 3. The van der Waals surface area contributed by atoms with Gasteiger partial charge in [-0.05, 0) is 12.1 Å². The van der Waals surface area contributed by atoms with Gasteiger partial charge in [-0.15, -0.1) is 0 Å². The molecule has 4 atom stereocenters. The number of nitro groups is 1. The number of hydrogen-bond acceptors (Lipinski definition) is 7. The van der Waals surface area contributed by atoms with Crippen molar-refractivity contribution >= 4 is 5.69 Å². The quantitative estimate of drug-likeness (QED) is 0.496. The van der Waals surface area contributed by atoms with Crippen LogP contribution < -0.4 is 4.74 Å². The Balaban J connectivity index is 2.03. The molecule has 104 valence electrons. The highest BCUT2D eigenvalue weighted by atomic mass is 16.7. The topological polar surface area (TPSA) is 122 Å². The van der Waals surface area contributed by atoms with Crippen LogP contribution in [0.2, 0.25) is 0 Å². The number of nitrogens with zero attached hydrogens (tertiary/aromatic N) is 1. The fourth-order valence-corrected chi connectivity index (χ4v) is 1.66. The Labute approximate surface area is 108 Å². The van der Waals surface area contributed by atoms with Crippen LogP contribution in [0.3, 0.4) is 0 Å². The van der Waals surface area contributed by atoms with Gasteiger partial charge >= 0.3 is 0 Å². The lowest BCUT2D eigenvalue weighted by molar-refractivity contribution is -0.384. The highest BCUT2D eigenvalue weighted by Crippen LogP contribution is 2.22. The normalized spacial score (nSPS) is 30.9.